The molecule has 1 aliphatic heterocycles. The SMILES string of the molecule is O=S(=O)(Cc1ccccc1)N1CCO[C@H](Cn2ccnc2)C1. The van der Waals surface area contributed by atoms with Gasteiger partial charge in [0.1, 0.15) is 0 Å². The van der Waals surface area contributed by atoms with Crippen LogP contribution >= 0.6 is 0 Å². The van der Waals surface area contributed by atoms with E-state index < -0.39 is 10.0 Å². The van der Waals surface area contributed by atoms with Crippen molar-refractivity contribution >= 4 is 10.0 Å². The van der Waals surface area contributed by atoms with Crippen LogP contribution in [0.3, 0.4) is 0 Å². The number of benzene rings is 1. The van der Waals surface area contributed by atoms with Gasteiger partial charge in [0.2, 0.25) is 10.0 Å². The Morgan fingerprint density at radius 2 is 2.09 bits per heavy atom. The molecule has 0 spiro atoms. The molecule has 1 aliphatic rings. The fourth-order valence-electron chi connectivity index (χ4n) is 2.56. The summed E-state index contributed by atoms with van der Waals surface area (Å²) in [6, 6.07) is 9.26. The Bertz CT molecular complexity index is 686. The number of nitrogens with zero attached hydrogens (tertiary/aromatic N) is 3. The maximum absolute atomic E-state index is 12.6. The van der Waals surface area contributed by atoms with E-state index in [0.717, 1.165) is 5.56 Å². The van der Waals surface area contributed by atoms with Gasteiger partial charge >= 0.3 is 0 Å². The molecular formula is C15H19N3O3S. The van der Waals surface area contributed by atoms with Crippen LogP contribution in [0.1, 0.15) is 5.56 Å². The number of aromatic nitrogens is 2. The molecule has 0 unspecified atom stereocenters. The molecule has 2 heterocycles. The molecule has 118 valence electrons. The summed E-state index contributed by atoms with van der Waals surface area (Å²) in [6.07, 6.45) is 5.11. The number of rotatable bonds is 5. The minimum absolute atomic E-state index is 0.0334. The van der Waals surface area contributed by atoms with Crippen molar-refractivity contribution in [2.75, 3.05) is 19.7 Å². The molecular weight excluding hydrogens is 302 g/mol. The minimum atomic E-state index is -3.32. The van der Waals surface area contributed by atoms with Crippen molar-refractivity contribution in [2.24, 2.45) is 0 Å². The van der Waals surface area contributed by atoms with Gasteiger partial charge in [0.25, 0.3) is 0 Å². The van der Waals surface area contributed by atoms with Crippen molar-refractivity contribution in [3.8, 4) is 0 Å². The smallest absolute Gasteiger partial charge is 0.218 e. The fraction of sp³-hybridized carbons (Fsp3) is 0.400. The van der Waals surface area contributed by atoms with Crippen LogP contribution in [0, 0.1) is 0 Å². The van der Waals surface area contributed by atoms with Crippen LogP contribution in [-0.2, 0) is 27.1 Å². The van der Waals surface area contributed by atoms with Gasteiger partial charge in [-0.15, -0.1) is 0 Å². The Labute approximate surface area is 130 Å². The van der Waals surface area contributed by atoms with Gasteiger partial charge < -0.3 is 9.30 Å². The predicted molar refractivity (Wildman–Crippen MR) is 82.6 cm³/mol. The molecule has 0 N–H and O–H groups in total. The first kappa shape index (κ1) is 15.2. The summed E-state index contributed by atoms with van der Waals surface area (Å²) in [5.74, 6) is 0.0334. The van der Waals surface area contributed by atoms with Crippen molar-refractivity contribution in [2.45, 2.75) is 18.4 Å². The van der Waals surface area contributed by atoms with Gasteiger partial charge in [0, 0.05) is 25.5 Å². The van der Waals surface area contributed by atoms with Gasteiger partial charge in [-0.25, -0.2) is 13.4 Å². The second-order valence-electron chi connectivity index (χ2n) is 5.35. The van der Waals surface area contributed by atoms with E-state index in [-0.39, 0.29) is 11.9 Å². The second-order valence-corrected chi connectivity index (χ2v) is 7.32. The Hall–Kier alpha value is -1.70. The highest BCUT2D eigenvalue weighted by molar-refractivity contribution is 7.88. The molecule has 0 aliphatic carbocycles. The largest absolute Gasteiger partial charge is 0.374 e. The van der Waals surface area contributed by atoms with Crippen LogP contribution in [-0.4, -0.2) is 48.1 Å². The highest BCUT2D eigenvalue weighted by Gasteiger charge is 2.29. The zero-order valence-corrected chi connectivity index (χ0v) is 13.0. The lowest BCUT2D eigenvalue weighted by atomic mass is 10.2. The highest BCUT2D eigenvalue weighted by Crippen LogP contribution is 2.16. The van der Waals surface area contributed by atoms with E-state index in [9.17, 15) is 8.42 Å². The number of imidazole rings is 1. The van der Waals surface area contributed by atoms with Crippen molar-refractivity contribution in [3.63, 3.8) is 0 Å². The van der Waals surface area contributed by atoms with Crippen molar-refractivity contribution < 1.29 is 13.2 Å². The molecule has 0 saturated carbocycles. The van der Waals surface area contributed by atoms with Crippen LogP contribution in [0.2, 0.25) is 0 Å². The molecule has 22 heavy (non-hydrogen) atoms. The summed E-state index contributed by atoms with van der Waals surface area (Å²) in [4.78, 5) is 3.99. The summed E-state index contributed by atoms with van der Waals surface area (Å²) in [5, 5.41) is 0. The van der Waals surface area contributed by atoms with Gasteiger partial charge in [-0.05, 0) is 5.56 Å². The van der Waals surface area contributed by atoms with Crippen molar-refractivity contribution in [3.05, 3.63) is 54.6 Å². The first-order chi connectivity index (χ1) is 10.6. The van der Waals surface area contributed by atoms with E-state index in [1.165, 1.54) is 4.31 Å². The number of hydrogen-bond donors (Lipinski definition) is 0. The minimum Gasteiger partial charge on any atom is -0.374 e. The Morgan fingerprint density at radius 3 is 2.82 bits per heavy atom. The van der Waals surface area contributed by atoms with Gasteiger partial charge in [-0.1, -0.05) is 30.3 Å². The molecule has 1 saturated heterocycles. The lowest BCUT2D eigenvalue weighted by Crippen LogP contribution is -2.47. The molecule has 2 aromatic rings. The van der Waals surface area contributed by atoms with Gasteiger partial charge in [0.15, 0.2) is 0 Å². The fourth-order valence-corrected chi connectivity index (χ4v) is 4.10. The molecule has 0 radical (unpaired) electrons. The lowest BCUT2D eigenvalue weighted by Gasteiger charge is -2.32. The molecule has 6 nitrogen and oxygen atoms in total. The van der Waals surface area contributed by atoms with Crippen LogP contribution in [0.4, 0.5) is 0 Å². The van der Waals surface area contributed by atoms with Gasteiger partial charge in [-0.2, -0.15) is 4.31 Å². The first-order valence-corrected chi connectivity index (χ1v) is 8.83. The van der Waals surface area contributed by atoms with Crippen LogP contribution in [0.25, 0.3) is 0 Å². The van der Waals surface area contributed by atoms with Crippen LogP contribution in [0.5, 0.6) is 0 Å². The average Bonchev–Trinajstić information content (AvgIpc) is 3.01. The van der Waals surface area contributed by atoms with E-state index >= 15 is 0 Å². The van der Waals surface area contributed by atoms with Gasteiger partial charge in [0.05, 0.1) is 31.3 Å². The monoisotopic (exact) mass is 321 g/mol. The lowest BCUT2D eigenvalue weighted by molar-refractivity contribution is -0.0103. The third kappa shape index (κ3) is 3.73. The number of sulfonamides is 1. The Morgan fingerprint density at radius 1 is 1.27 bits per heavy atom. The molecule has 1 aromatic heterocycles. The molecule has 7 heteroatoms. The third-order valence-corrected chi connectivity index (χ3v) is 5.48. The van der Waals surface area contributed by atoms with E-state index in [1.807, 2.05) is 41.1 Å². The number of ether oxygens (including phenoxy) is 1. The molecule has 1 fully saturated rings. The highest BCUT2D eigenvalue weighted by atomic mass is 32.2. The third-order valence-electron chi connectivity index (χ3n) is 3.66. The van der Waals surface area contributed by atoms with E-state index in [4.69, 9.17) is 4.74 Å². The summed E-state index contributed by atoms with van der Waals surface area (Å²) >= 11 is 0. The first-order valence-electron chi connectivity index (χ1n) is 7.22. The Kier molecular flexibility index (Phi) is 4.56. The number of hydrogen-bond acceptors (Lipinski definition) is 4. The summed E-state index contributed by atoms with van der Waals surface area (Å²) in [7, 11) is -3.32. The van der Waals surface area contributed by atoms with E-state index in [1.54, 1.807) is 12.5 Å². The molecule has 0 amide bonds. The average molecular weight is 321 g/mol. The number of morpholine rings is 1. The summed E-state index contributed by atoms with van der Waals surface area (Å²) in [5.41, 5.74) is 0.806. The maximum atomic E-state index is 12.6. The zero-order valence-electron chi connectivity index (χ0n) is 12.2. The Balaban J connectivity index is 1.65. The molecule has 3 rings (SSSR count). The predicted octanol–water partition coefficient (Wildman–Crippen LogP) is 1.11. The van der Waals surface area contributed by atoms with Crippen molar-refractivity contribution in [1.29, 1.82) is 0 Å². The summed E-state index contributed by atoms with van der Waals surface area (Å²) in [6.45, 7) is 1.83. The van der Waals surface area contributed by atoms with E-state index in [0.29, 0.717) is 26.2 Å². The quantitative estimate of drug-likeness (QED) is 0.828. The molecule has 1 aromatic carbocycles. The van der Waals surface area contributed by atoms with Crippen molar-refractivity contribution in [1.82, 2.24) is 13.9 Å². The summed E-state index contributed by atoms with van der Waals surface area (Å²) < 4.78 is 34.2. The normalized spacial score (nSPS) is 20.1. The van der Waals surface area contributed by atoms with Gasteiger partial charge in [-0.3, -0.25) is 0 Å². The molecule has 1 atom stereocenters. The maximum Gasteiger partial charge on any atom is 0.218 e. The van der Waals surface area contributed by atoms with E-state index in [2.05, 4.69) is 4.98 Å². The molecule has 0 bridgehead atoms. The van der Waals surface area contributed by atoms with Crippen LogP contribution in [0.15, 0.2) is 49.1 Å². The standard InChI is InChI=1S/C15H19N3O3S/c19-22(20,12-14-4-2-1-3-5-14)18-8-9-21-15(11-18)10-17-7-6-16-13-17/h1-7,13,15H,8-12H2/t15-/m1/s1. The van der Waals surface area contributed by atoms with Crippen LogP contribution < -0.4 is 0 Å². The second kappa shape index (κ2) is 6.60. The zero-order chi connectivity index (χ0) is 15.4. The topological polar surface area (TPSA) is 64.4 Å².